The number of methoxy groups -OCH3 is 1. The second-order valence-electron chi connectivity index (χ2n) is 12.0. The van der Waals surface area contributed by atoms with E-state index in [9.17, 15) is 24.6 Å². The molecule has 44 heavy (non-hydrogen) atoms. The fourth-order valence-corrected chi connectivity index (χ4v) is 6.14. The average Bonchev–Trinajstić information content (AvgIpc) is 2.96. The quantitative estimate of drug-likeness (QED) is 0.231. The number of rotatable bonds is 7. The van der Waals surface area contributed by atoms with Gasteiger partial charge in [0.25, 0.3) is 5.69 Å². The summed E-state index contributed by atoms with van der Waals surface area (Å²) in [5, 5.41) is 22.7. The number of ether oxygens (including phenoxy) is 2. The highest BCUT2D eigenvalue weighted by atomic mass is 19.1. The Balaban J connectivity index is 1.70. The molecule has 1 aliphatic carbocycles. The molecule has 0 saturated heterocycles. The van der Waals surface area contributed by atoms with Gasteiger partial charge in [-0.3, -0.25) is 19.8 Å². The SMILES string of the molecule is COc1ccc(N2C(N)=C(C#N)C(c3cc(COc4ccc(F)cc4)c(C)cc3C)C3=C2CC(C)(C)CC3=O)c([N+](=O)[O-])c1. The average molecular weight is 597 g/mol. The Morgan fingerprint density at radius 2 is 1.77 bits per heavy atom. The Morgan fingerprint density at radius 1 is 1.09 bits per heavy atom. The van der Waals surface area contributed by atoms with Crippen molar-refractivity contribution in [1.82, 2.24) is 0 Å². The van der Waals surface area contributed by atoms with Crippen molar-refractivity contribution in [3.63, 3.8) is 0 Å². The van der Waals surface area contributed by atoms with Crippen LogP contribution in [0.15, 0.2) is 77.3 Å². The minimum Gasteiger partial charge on any atom is -0.496 e. The van der Waals surface area contributed by atoms with Gasteiger partial charge in [-0.05, 0) is 84.3 Å². The van der Waals surface area contributed by atoms with Crippen LogP contribution in [0.1, 0.15) is 54.9 Å². The summed E-state index contributed by atoms with van der Waals surface area (Å²) in [7, 11) is 1.41. The maximum Gasteiger partial charge on any atom is 0.296 e. The highest BCUT2D eigenvalue weighted by molar-refractivity contribution is 6.02. The van der Waals surface area contributed by atoms with Gasteiger partial charge in [0.05, 0.1) is 35.7 Å². The van der Waals surface area contributed by atoms with E-state index in [1.807, 2.05) is 39.8 Å². The number of ketones is 1. The normalized spacial score (nSPS) is 17.7. The van der Waals surface area contributed by atoms with Gasteiger partial charge >= 0.3 is 0 Å². The van der Waals surface area contributed by atoms with E-state index in [1.54, 1.807) is 18.2 Å². The zero-order valence-electron chi connectivity index (χ0n) is 25.2. The molecule has 1 heterocycles. The molecule has 3 aromatic carbocycles. The van der Waals surface area contributed by atoms with Crippen LogP contribution >= 0.6 is 0 Å². The van der Waals surface area contributed by atoms with Crippen molar-refractivity contribution >= 4 is 17.2 Å². The molecule has 9 nitrogen and oxygen atoms in total. The molecular formula is C34H33FN4O5. The molecule has 1 aliphatic heterocycles. The van der Waals surface area contributed by atoms with Crippen molar-refractivity contribution in [3.05, 3.63) is 115 Å². The lowest BCUT2D eigenvalue weighted by molar-refractivity contribution is -0.384. The number of hydrogen-bond acceptors (Lipinski definition) is 8. The number of Topliss-reactive ketones (excluding diaryl/α,β-unsaturated/α-hetero) is 1. The summed E-state index contributed by atoms with van der Waals surface area (Å²) in [5.74, 6) is -0.476. The number of allylic oxidation sites excluding steroid dienone is 3. The lowest BCUT2D eigenvalue weighted by Crippen LogP contribution is -2.42. The standard InChI is InChI=1S/C34H33FN4O5/c1-19-12-20(2)25(13-21(19)18-44-23-8-6-22(35)7-9-23)31-26(17-36)33(37)38(29-15-34(3,4)16-30(40)32(29)31)27-11-10-24(43-5)14-28(27)39(41)42/h6-14,31H,15-16,18,37H2,1-5H3. The van der Waals surface area contributed by atoms with E-state index in [4.69, 9.17) is 15.2 Å². The summed E-state index contributed by atoms with van der Waals surface area (Å²) in [6.07, 6.45) is 0.642. The van der Waals surface area contributed by atoms with Crippen molar-refractivity contribution in [2.75, 3.05) is 12.0 Å². The third-order valence-corrected chi connectivity index (χ3v) is 8.24. The number of nitrogens with zero attached hydrogens (tertiary/aromatic N) is 3. The van der Waals surface area contributed by atoms with Gasteiger partial charge in [-0.2, -0.15) is 5.26 Å². The van der Waals surface area contributed by atoms with Gasteiger partial charge in [0.2, 0.25) is 0 Å². The molecule has 3 aromatic rings. The molecule has 226 valence electrons. The third kappa shape index (κ3) is 5.49. The number of anilines is 1. The van der Waals surface area contributed by atoms with Gasteiger partial charge in [-0.25, -0.2) is 4.39 Å². The number of benzene rings is 3. The number of nitrogens with two attached hydrogens (primary N) is 1. The van der Waals surface area contributed by atoms with Gasteiger partial charge in [0.1, 0.15) is 35.4 Å². The Hall–Kier alpha value is -5.17. The molecule has 0 bridgehead atoms. The van der Waals surface area contributed by atoms with Crippen LogP contribution in [0.3, 0.4) is 0 Å². The van der Waals surface area contributed by atoms with E-state index in [0.29, 0.717) is 29.2 Å². The molecule has 0 aromatic heterocycles. The Bertz CT molecular complexity index is 1790. The Labute approximate surface area is 255 Å². The smallest absolute Gasteiger partial charge is 0.296 e. The minimum absolute atomic E-state index is 0.0269. The summed E-state index contributed by atoms with van der Waals surface area (Å²) in [6.45, 7) is 7.96. The summed E-state index contributed by atoms with van der Waals surface area (Å²) in [4.78, 5) is 27.2. The van der Waals surface area contributed by atoms with Crippen LogP contribution in [0.2, 0.25) is 0 Å². The molecule has 0 amide bonds. The monoisotopic (exact) mass is 596 g/mol. The topological polar surface area (TPSA) is 132 Å². The highest BCUT2D eigenvalue weighted by Gasteiger charge is 2.46. The lowest BCUT2D eigenvalue weighted by atomic mass is 9.68. The number of nitro groups is 1. The molecule has 1 unspecified atom stereocenters. The molecule has 0 saturated carbocycles. The van der Waals surface area contributed by atoms with E-state index < -0.39 is 16.3 Å². The first-order valence-electron chi connectivity index (χ1n) is 14.1. The fourth-order valence-electron chi connectivity index (χ4n) is 6.14. The van der Waals surface area contributed by atoms with E-state index in [-0.39, 0.29) is 47.4 Å². The van der Waals surface area contributed by atoms with Crippen LogP contribution in [-0.4, -0.2) is 17.8 Å². The molecule has 1 atom stereocenters. The molecule has 5 rings (SSSR count). The lowest BCUT2D eigenvalue weighted by Gasteiger charge is -2.43. The van der Waals surface area contributed by atoms with Crippen LogP contribution in [-0.2, 0) is 11.4 Å². The van der Waals surface area contributed by atoms with Gasteiger partial charge in [-0.15, -0.1) is 0 Å². The molecular weight excluding hydrogens is 563 g/mol. The second kappa shape index (κ2) is 11.5. The van der Waals surface area contributed by atoms with Crippen LogP contribution in [0.25, 0.3) is 0 Å². The van der Waals surface area contributed by atoms with Crippen LogP contribution in [0, 0.1) is 46.5 Å². The molecule has 0 fully saturated rings. The van der Waals surface area contributed by atoms with Crippen molar-refractivity contribution in [1.29, 1.82) is 5.26 Å². The van der Waals surface area contributed by atoms with E-state index in [1.165, 1.54) is 36.3 Å². The summed E-state index contributed by atoms with van der Waals surface area (Å²) >= 11 is 0. The number of carbonyl (C=O) groups excluding carboxylic acids is 1. The Kier molecular flexibility index (Phi) is 7.91. The first-order chi connectivity index (χ1) is 20.8. The number of hydrogen-bond donors (Lipinski definition) is 1. The van der Waals surface area contributed by atoms with Crippen molar-refractivity contribution in [2.45, 2.75) is 53.1 Å². The molecule has 10 heteroatoms. The summed E-state index contributed by atoms with van der Waals surface area (Å²) in [5.41, 5.74) is 10.6. The number of aryl methyl sites for hydroxylation is 2. The van der Waals surface area contributed by atoms with Crippen LogP contribution in [0.4, 0.5) is 15.8 Å². The van der Waals surface area contributed by atoms with E-state index >= 15 is 0 Å². The molecule has 2 aliphatic rings. The first-order valence-corrected chi connectivity index (χ1v) is 14.1. The van der Waals surface area contributed by atoms with Crippen molar-refractivity contribution in [3.8, 4) is 17.6 Å². The zero-order valence-corrected chi connectivity index (χ0v) is 25.2. The molecule has 2 N–H and O–H groups in total. The number of carbonyl (C=O) groups is 1. The third-order valence-electron chi connectivity index (χ3n) is 8.24. The van der Waals surface area contributed by atoms with E-state index in [2.05, 4.69) is 6.07 Å². The number of nitro benzene ring substituents is 1. The molecule has 0 radical (unpaired) electrons. The zero-order chi connectivity index (χ0) is 31.9. The van der Waals surface area contributed by atoms with Crippen LogP contribution < -0.4 is 20.1 Å². The van der Waals surface area contributed by atoms with E-state index in [0.717, 1.165) is 22.3 Å². The maximum absolute atomic E-state index is 14.0. The Morgan fingerprint density at radius 3 is 2.41 bits per heavy atom. The minimum atomic E-state index is -0.780. The number of halogens is 1. The predicted octanol–water partition coefficient (Wildman–Crippen LogP) is 6.88. The van der Waals surface area contributed by atoms with Gasteiger partial charge in [0.15, 0.2) is 5.78 Å². The van der Waals surface area contributed by atoms with Gasteiger partial charge < -0.3 is 15.2 Å². The fraction of sp³-hybridized carbons (Fsp3) is 0.294. The van der Waals surface area contributed by atoms with Gasteiger partial charge in [-0.1, -0.05) is 26.0 Å². The predicted molar refractivity (Wildman–Crippen MR) is 163 cm³/mol. The van der Waals surface area contributed by atoms with Crippen molar-refractivity contribution in [2.24, 2.45) is 11.1 Å². The first kappa shape index (κ1) is 30.3. The number of nitriles is 1. The molecule has 0 spiro atoms. The highest BCUT2D eigenvalue weighted by Crippen LogP contribution is 2.52. The van der Waals surface area contributed by atoms with Crippen LogP contribution in [0.5, 0.6) is 11.5 Å². The summed E-state index contributed by atoms with van der Waals surface area (Å²) in [6, 6.07) is 16.3. The summed E-state index contributed by atoms with van der Waals surface area (Å²) < 4.78 is 24.6. The second-order valence-corrected chi connectivity index (χ2v) is 12.0. The van der Waals surface area contributed by atoms with Crippen molar-refractivity contribution < 1.29 is 23.6 Å². The van der Waals surface area contributed by atoms with Gasteiger partial charge in [0, 0.05) is 17.7 Å². The maximum atomic E-state index is 14.0. The largest absolute Gasteiger partial charge is 0.496 e.